The van der Waals surface area contributed by atoms with Gasteiger partial charge in [-0.25, -0.2) is 0 Å². The summed E-state index contributed by atoms with van der Waals surface area (Å²) in [7, 11) is 0. The zero-order valence-electron chi connectivity index (χ0n) is 4.29. The number of rotatable bonds is 2. The zero-order valence-corrected chi connectivity index (χ0v) is 4.29. The molecule has 0 amide bonds. The Morgan fingerprint density at radius 1 is 1.22 bits per heavy atom. The van der Waals surface area contributed by atoms with Crippen LogP contribution in [0, 0.1) is 5.92 Å². The Labute approximate surface area is 74.2 Å². The summed E-state index contributed by atoms with van der Waals surface area (Å²) in [6.45, 7) is 1.12. The third-order valence-corrected chi connectivity index (χ3v) is 0.741. The van der Waals surface area contributed by atoms with Gasteiger partial charge in [-0.3, -0.25) is 9.59 Å². The van der Waals surface area contributed by atoms with Gasteiger partial charge in [0.05, 0.1) is 0 Å². The first-order chi connectivity index (χ1) is 3.55. The van der Waals surface area contributed by atoms with E-state index >= 15 is 0 Å². The second-order valence-electron chi connectivity index (χ2n) is 1.40. The van der Waals surface area contributed by atoms with Crippen LogP contribution in [0.15, 0.2) is 0 Å². The topological polar surface area (TPSA) is 74.6 Å². The summed E-state index contributed by atoms with van der Waals surface area (Å²) in [5.41, 5.74) is 0. The molecule has 0 spiro atoms. The fourth-order valence-electron chi connectivity index (χ4n) is 0.106. The number of hydrogen-bond acceptors (Lipinski definition) is 2. The van der Waals surface area contributed by atoms with E-state index in [2.05, 4.69) is 0 Å². The molecule has 0 saturated heterocycles. The van der Waals surface area contributed by atoms with Gasteiger partial charge in [0.15, 0.2) is 5.92 Å². The third kappa shape index (κ3) is 4.44. The van der Waals surface area contributed by atoms with Gasteiger partial charge in [-0.05, 0) is 6.92 Å². The summed E-state index contributed by atoms with van der Waals surface area (Å²) in [4.78, 5) is 19.5. The summed E-state index contributed by atoms with van der Waals surface area (Å²) in [6.07, 6.45) is 0. The van der Waals surface area contributed by atoms with Gasteiger partial charge in [-0.1, -0.05) is 0 Å². The molecule has 0 heterocycles. The van der Waals surface area contributed by atoms with Crippen LogP contribution in [-0.4, -0.2) is 51.7 Å². The minimum absolute atomic E-state index is 0. The van der Waals surface area contributed by atoms with Gasteiger partial charge >= 0.3 is 41.5 Å². The van der Waals surface area contributed by atoms with Gasteiger partial charge in [0.2, 0.25) is 0 Å². The van der Waals surface area contributed by atoms with Crippen molar-refractivity contribution in [2.24, 2.45) is 5.92 Å². The van der Waals surface area contributed by atoms with Crippen LogP contribution in [0.25, 0.3) is 0 Å². The van der Waals surface area contributed by atoms with E-state index < -0.39 is 17.9 Å². The first kappa shape index (κ1) is 11.7. The van der Waals surface area contributed by atoms with Crippen molar-refractivity contribution < 1.29 is 19.8 Å². The van der Waals surface area contributed by atoms with Crippen molar-refractivity contribution in [1.29, 1.82) is 0 Å². The molecule has 0 aromatic heterocycles. The van der Waals surface area contributed by atoms with Crippen LogP contribution >= 0.6 is 0 Å². The van der Waals surface area contributed by atoms with E-state index in [1.54, 1.807) is 0 Å². The van der Waals surface area contributed by atoms with Crippen molar-refractivity contribution in [1.82, 2.24) is 0 Å². The molecule has 0 radical (unpaired) electrons. The summed E-state index contributed by atoms with van der Waals surface area (Å²) >= 11 is 0. The van der Waals surface area contributed by atoms with Gasteiger partial charge in [0.25, 0.3) is 0 Å². The van der Waals surface area contributed by atoms with Gasteiger partial charge < -0.3 is 10.2 Å². The Bertz CT molecular complexity index is 108. The first-order valence-corrected chi connectivity index (χ1v) is 2.01. The Morgan fingerprint density at radius 3 is 1.44 bits per heavy atom. The van der Waals surface area contributed by atoms with E-state index in [1.165, 1.54) is 0 Å². The molecular weight excluding hydrogens is 135 g/mol. The molecule has 0 aromatic rings. The summed E-state index contributed by atoms with van der Waals surface area (Å²) in [5, 5.41) is 15.9. The molecule has 5 heteroatoms. The van der Waals surface area contributed by atoms with E-state index in [9.17, 15) is 9.59 Å². The van der Waals surface area contributed by atoms with Crippen LogP contribution in [0.5, 0.6) is 0 Å². The zero-order chi connectivity index (χ0) is 6.73. The molecule has 0 aliphatic heterocycles. The van der Waals surface area contributed by atoms with Crippen LogP contribution < -0.4 is 0 Å². The molecule has 0 aliphatic carbocycles. The van der Waals surface area contributed by atoms with Crippen LogP contribution in [0.4, 0.5) is 0 Å². The van der Waals surface area contributed by atoms with E-state index in [-0.39, 0.29) is 29.6 Å². The molecule has 0 rings (SSSR count). The Kier molecular flexibility index (Phi) is 6.22. The molecule has 0 aliphatic rings. The van der Waals surface area contributed by atoms with Crippen molar-refractivity contribution in [2.75, 3.05) is 0 Å². The minimum atomic E-state index is -1.31. The second-order valence-corrected chi connectivity index (χ2v) is 1.40. The number of carbonyl (C=O) groups is 2. The van der Waals surface area contributed by atoms with Crippen molar-refractivity contribution >= 4 is 41.5 Å². The summed E-state index contributed by atoms with van der Waals surface area (Å²) < 4.78 is 0. The molecule has 0 aromatic carbocycles. The Morgan fingerprint density at radius 2 is 1.44 bits per heavy atom. The predicted octanol–water partition coefficient (Wildman–Crippen LogP) is -0.857. The molecule has 0 unspecified atom stereocenters. The fraction of sp³-hybridized carbons (Fsp3) is 0.500. The predicted molar refractivity (Wildman–Crippen MR) is 31.6 cm³/mol. The third-order valence-electron chi connectivity index (χ3n) is 0.741. The maximum atomic E-state index is 9.76. The Hall–Kier alpha value is -0.0600. The van der Waals surface area contributed by atoms with Crippen molar-refractivity contribution in [3.63, 3.8) is 0 Å². The number of carboxylic acids is 2. The summed E-state index contributed by atoms with van der Waals surface area (Å²) in [5.74, 6) is -3.91. The van der Waals surface area contributed by atoms with E-state index in [1.807, 2.05) is 0 Å². The molecule has 0 fully saturated rings. The molecule has 9 heavy (non-hydrogen) atoms. The van der Waals surface area contributed by atoms with Crippen LogP contribution in [0.3, 0.4) is 0 Å². The molecule has 0 saturated carbocycles. The molecule has 2 N–H and O–H groups in total. The van der Waals surface area contributed by atoms with Crippen LogP contribution in [-0.2, 0) is 9.59 Å². The second kappa shape index (κ2) is 4.78. The normalized spacial score (nSPS) is 8.22. The van der Waals surface area contributed by atoms with E-state index in [0.717, 1.165) is 6.92 Å². The SMILES string of the molecule is CC(C(=O)O)C(=O)O.[NaH]. The van der Waals surface area contributed by atoms with Crippen LogP contribution in [0.1, 0.15) is 6.92 Å². The number of aliphatic carboxylic acids is 2. The molecule has 0 bridgehead atoms. The van der Waals surface area contributed by atoms with E-state index in [4.69, 9.17) is 10.2 Å². The summed E-state index contributed by atoms with van der Waals surface area (Å²) in [6, 6.07) is 0. The standard InChI is InChI=1S/C4H6O4.Na.H/c1-2(3(5)6)4(7)8;;/h2H,1H3,(H,5,6)(H,7,8);;. The van der Waals surface area contributed by atoms with Gasteiger partial charge in [0.1, 0.15) is 0 Å². The van der Waals surface area contributed by atoms with Gasteiger partial charge in [0, 0.05) is 0 Å². The Balaban J connectivity index is 0. The quantitative estimate of drug-likeness (QED) is 0.388. The molecule has 48 valence electrons. The molecular formula is C4H7NaO4. The fourth-order valence-corrected chi connectivity index (χ4v) is 0.106. The first-order valence-electron chi connectivity index (χ1n) is 2.01. The number of hydrogen-bond donors (Lipinski definition) is 2. The van der Waals surface area contributed by atoms with Crippen molar-refractivity contribution in [3.8, 4) is 0 Å². The van der Waals surface area contributed by atoms with Crippen molar-refractivity contribution in [3.05, 3.63) is 0 Å². The molecule has 0 atom stereocenters. The van der Waals surface area contributed by atoms with Crippen LogP contribution in [0.2, 0.25) is 0 Å². The number of carboxylic acid groups (broad SMARTS) is 2. The average molecular weight is 142 g/mol. The van der Waals surface area contributed by atoms with E-state index in [0.29, 0.717) is 0 Å². The molecule has 4 nitrogen and oxygen atoms in total. The van der Waals surface area contributed by atoms with Gasteiger partial charge in [-0.2, -0.15) is 0 Å². The monoisotopic (exact) mass is 142 g/mol. The van der Waals surface area contributed by atoms with Crippen molar-refractivity contribution in [2.45, 2.75) is 6.92 Å². The average Bonchev–Trinajstić information content (AvgIpc) is 1.64. The van der Waals surface area contributed by atoms with Gasteiger partial charge in [-0.15, -0.1) is 0 Å². The maximum absolute atomic E-state index is 9.76.